The molecule has 1 aliphatic heterocycles. The number of nitrogens with two attached hydrogens (primary N) is 1. The van der Waals surface area contributed by atoms with Crippen molar-refractivity contribution in [1.29, 1.82) is 0 Å². The first-order chi connectivity index (χ1) is 9.97. The van der Waals surface area contributed by atoms with Gasteiger partial charge in [0.2, 0.25) is 0 Å². The number of likely N-dealkylation sites (tertiary alicyclic amines) is 1. The molecule has 0 spiro atoms. The van der Waals surface area contributed by atoms with E-state index in [4.69, 9.17) is 17.3 Å². The van der Waals surface area contributed by atoms with Crippen LogP contribution in [0.2, 0.25) is 5.02 Å². The third-order valence-corrected chi connectivity index (χ3v) is 5.28. The van der Waals surface area contributed by atoms with Gasteiger partial charge in [0, 0.05) is 16.6 Å². The van der Waals surface area contributed by atoms with Crippen molar-refractivity contribution in [3.8, 4) is 0 Å². The van der Waals surface area contributed by atoms with E-state index in [1.807, 2.05) is 0 Å². The summed E-state index contributed by atoms with van der Waals surface area (Å²) >= 11 is 5.81. The van der Waals surface area contributed by atoms with Crippen molar-refractivity contribution in [2.75, 3.05) is 13.1 Å². The Labute approximate surface area is 132 Å². The second-order valence-electron chi connectivity index (χ2n) is 6.30. The van der Waals surface area contributed by atoms with Crippen molar-refractivity contribution in [2.45, 2.75) is 57.5 Å². The summed E-state index contributed by atoms with van der Waals surface area (Å²) in [6.07, 6.45) is 5.29. The number of rotatable bonds is 5. The van der Waals surface area contributed by atoms with Gasteiger partial charge in [-0.3, -0.25) is 4.90 Å². The van der Waals surface area contributed by atoms with E-state index in [9.17, 15) is 4.39 Å². The van der Waals surface area contributed by atoms with Crippen LogP contribution < -0.4 is 5.73 Å². The maximum absolute atomic E-state index is 14.0. The Kier molecular flexibility index (Phi) is 5.64. The highest BCUT2D eigenvalue weighted by Crippen LogP contribution is 2.29. The zero-order valence-electron chi connectivity index (χ0n) is 13.0. The van der Waals surface area contributed by atoms with Gasteiger partial charge in [0.15, 0.2) is 0 Å². The number of benzene rings is 1. The van der Waals surface area contributed by atoms with Gasteiger partial charge in [-0.2, -0.15) is 0 Å². The van der Waals surface area contributed by atoms with Crippen LogP contribution in [0.15, 0.2) is 18.2 Å². The summed E-state index contributed by atoms with van der Waals surface area (Å²) in [7, 11) is 0. The molecule has 118 valence electrons. The van der Waals surface area contributed by atoms with Gasteiger partial charge < -0.3 is 5.73 Å². The molecule has 4 heteroatoms. The summed E-state index contributed by atoms with van der Waals surface area (Å²) in [6.45, 7) is 6.59. The fourth-order valence-corrected chi connectivity index (χ4v) is 3.43. The summed E-state index contributed by atoms with van der Waals surface area (Å²) in [5.74, 6) is -0.255. The zero-order chi connectivity index (χ0) is 15.5. The van der Waals surface area contributed by atoms with Crippen LogP contribution in [-0.2, 0) is 6.42 Å². The third kappa shape index (κ3) is 3.77. The molecule has 1 aliphatic rings. The summed E-state index contributed by atoms with van der Waals surface area (Å²) < 4.78 is 14.0. The lowest BCUT2D eigenvalue weighted by Crippen LogP contribution is -2.59. The molecule has 2 atom stereocenters. The van der Waals surface area contributed by atoms with E-state index in [0.717, 1.165) is 19.5 Å². The predicted molar refractivity (Wildman–Crippen MR) is 87.2 cm³/mol. The molecule has 1 aromatic rings. The minimum absolute atomic E-state index is 0.0769. The van der Waals surface area contributed by atoms with E-state index in [1.165, 1.54) is 25.3 Å². The molecule has 1 saturated heterocycles. The number of halogens is 2. The number of piperidine rings is 1. The maximum Gasteiger partial charge on any atom is 0.127 e. The SMILES string of the molecule is CCC(C)(C(N)Cc1ccc(Cl)cc1F)N1CCCCC1. The summed E-state index contributed by atoms with van der Waals surface area (Å²) in [5.41, 5.74) is 7.07. The minimum Gasteiger partial charge on any atom is -0.326 e. The predicted octanol–water partition coefficient (Wildman–Crippen LogP) is 4.00. The normalized spacial score (nSPS) is 21.0. The van der Waals surface area contributed by atoms with E-state index < -0.39 is 0 Å². The fourth-order valence-electron chi connectivity index (χ4n) is 3.27. The summed E-state index contributed by atoms with van der Waals surface area (Å²) in [4.78, 5) is 2.50. The average molecular weight is 313 g/mol. The second kappa shape index (κ2) is 7.08. The molecular formula is C17H26ClFN2. The summed E-state index contributed by atoms with van der Waals surface area (Å²) in [5, 5.41) is 0.430. The fraction of sp³-hybridized carbons (Fsp3) is 0.647. The van der Waals surface area contributed by atoms with Crippen molar-refractivity contribution in [3.05, 3.63) is 34.6 Å². The Bertz CT molecular complexity index is 474. The van der Waals surface area contributed by atoms with Gasteiger partial charge in [-0.25, -0.2) is 4.39 Å². The molecule has 0 saturated carbocycles. The van der Waals surface area contributed by atoms with Crippen molar-refractivity contribution in [3.63, 3.8) is 0 Å². The van der Waals surface area contributed by atoms with Gasteiger partial charge in [-0.15, -0.1) is 0 Å². The Balaban J connectivity index is 2.13. The maximum atomic E-state index is 14.0. The van der Waals surface area contributed by atoms with Gasteiger partial charge in [0.1, 0.15) is 5.82 Å². The minimum atomic E-state index is -0.255. The van der Waals surface area contributed by atoms with E-state index in [0.29, 0.717) is 17.0 Å². The Morgan fingerprint density at radius 1 is 1.33 bits per heavy atom. The van der Waals surface area contributed by atoms with Crippen LogP contribution in [0.1, 0.15) is 45.1 Å². The van der Waals surface area contributed by atoms with Crippen LogP contribution >= 0.6 is 11.6 Å². The van der Waals surface area contributed by atoms with Gasteiger partial charge in [0.25, 0.3) is 0 Å². The van der Waals surface area contributed by atoms with Gasteiger partial charge in [-0.05, 0) is 63.4 Å². The molecule has 2 N–H and O–H groups in total. The number of nitrogens with zero attached hydrogens (tertiary/aromatic N) is 1. The van der Waals surface area contributed by atoms with Crippen LogP contribution in [-0.4, -0.2) is 29.6 Å². The van der Waals surface area contributed by atoms with Crippen molar-refractivity contribution < 1.29 is 4.39 Å². The topological polar surface area (TPSA) is 29.3 Å². The van der Waals surface area contributed by atoms with Crippen LogP contribution in [0.3, 0.4) is 0 Å². The smallest absolute Gasteiger partial charge is 0.127 e. The zero-order valence-corrected chi connectivity index (χ0v) is 13.8. The van der Waals surface area contributed by atoms with E-state index in [1.54, 1.807) is 12.1 Å². The highest BCUT2D eigenvalue weighted by Gasteiger charge is 2.36. The lowest BCUT2D eigenvalue weighted by atomic mass is 9.83. The van der Waals surface area contributed by atoms with Gasteiger partial charge >= 0.3 is 0 Å². The molecule has 21 heavy (non-hydrogen) atoms. The van der Waals surface area contributed by atoms with E-state index in [-0.39, 0.29) is 17.4 Å². The van der Waals surface area contributed by atoms with Crippen LogP contribution in [0.25, 0.3) is 0 Å². The lowest BCUT2D eigenvalue weighted by Gasteiger charge is -2.47. The van der Waals surface area contributed by atoms with Crippen LogP contribution in [0.5, 0.6) is 0 Å². The molecule has 0 bridgehead atoms. The van der Waals surface area contributed by atoms with Gasteiger partial charge in [-0.1, -0.05) is 31.0 Å². The summed E-state index contributed by atoms with van der Waals surface area (Å²) in [6, 6.07) is 4.77. The molecule has 2 unspecified atom stereocenters. The van der Waals surface area contributed by atoms with E-state index >= 15 is 0 Å². The molecule has 1 aromatic carbocycles. The van der Waals surface area contributed by atoms with Crippen LogP contribution in [0.4, 0.5) is 4.39 Å². The monoisotopic (exact) mass is 312 g/mol. The molecule has 0 amide bonds. The molecule has 2 rings (SSSR count). The van der Waals surface area contributed by atoms with Gasteiger partial charge in [0.05, 0.1) is 0 Å². The molecule has 2 nitrogen and oxygen atoms in total. The van der Waals surface area contributed by atoms with E-state index in [2.05, 4.69) is 18.7 Å². The lowest BCUT2D eigenvalue weighted by molar-refractivity contribution is 0.0544. The van der Waals surface area contributed by atoms with Crippen molar-refractivity contribution >= 4 is 11.6 Å². The molecule has 1 fully saturated rings. The second-order valence-corrected chi connectivity index (χ2v) is 6.74. The highest BCUT2D eigenvalue weighted by molar-refractivity contribution is 6.30. The largest absolute Gasteiger partial charge is 0.326 e. The Hall–Kier alpha value is -0.640. The highest BCUT2D eigenvalue weighted by atomic mass is 35.5. The van der Waals surface area contributed by atoms with Crippen molar-refractivity contribution in [2.24, 2.45) is 5.73 Å². The molecular weight excluding hydrogens is 287 g/mol. The third-order valence-electron chi connectivity index (χ3n) is 5.05. The quantitative estimate of drug-likeness (QED) is 0.890. The molecule has 0 radical (unpaired) electrons. The first-order valence-corrected chi connectivity index (χ1v) is 8.29. The Morgan fingerprint density at radius 2 is 2.00 bits per heavy atom. The molecule has 0 aromatic heterocycles. The molecule has 1 heterocycles. The number of hydrogen-bond donors (Lipinski definition) is 1. The Morgan fingerprint density at radius 3 is 2.57 bits per heavy atom. The van der Waals surface area contributed by atoms with Crippen molar-refractivity contribution in [1.82, 2.24) is 4.90 Å². The average Bonchev–Trinajstić information content (AvgIpc) is 2.50. The number of hydrogen-bond acceptors (Lipinski definition) is 2. The standard InChI is InChI=1S/C17H26ClFN2/c1-3-17(2,21-9-5-4-6-10-21)16(20)11-13-7-8-14(18)12-15(13)19/h7-8,12,16H,3-6,9-11,20H2,1-2H3. The first-order valence-electron chi connectivity index (χ1n) is 7.92. The van der Waals surface area contributed by atoms with Crippen LogP contribution in [0, 0.1) is 5.82 Å². The first kappa shape index (κ1) is 16.7. The molecule has 0 aliphatic carbocycles.